The minimum Gasteiger partial charge on any atom is -0.405 e. The average Bonchev–Trinajstić information content (AvgIpc) is 2.84. The van der Waals surface area contributed by atoms with Crippen molar-refractivity contribution in [2.75, 3.05) is 0 Å². The first kappa shape index (κ1) is 10.3. The largest absolute Gasteiger partial charge is 0.573 e. The predicted octanol–water partition coefficient (Wildman–Crippen LogP) is 3.64. The normalized spacial score (nSPS) is 16.5. The van der Waals surface area contributed by atoms with Crippen LogP contribution < -0.4 is 4.74 Å². The maximum atomic E-state index is 12.1. The molecule has 0 unspecified atom stereocenters. The van der Waals surface area contributed by atoms with Crippen LogP contribution >= 0.6 is 0 Å². The summed E-state index contributed by atoms with van der Waals surface area (Å²) in [6.07, 6.45) is -2.79. The summed E-state index contributed by atoms with van der Waals surface area (Å²) in [5.74, 6) is 0.0912. The minimum atomic E-state index is -4.63. The summed E-state index contributed by atoms with van der Waals surface area (Å²) in [6.45, 7) is 3.73. The molecule has 1 nitrogen and oxygen atoms in total. The number of halogens is 3. The molecule has 2 rings (SSSR count). The molecule has 0 heterocycles. The fraction of sp³-hybridized carbons (Fsp3) is 0.364. The summed E-state index contributed by atoms with van der Waals surface area (Å²) in [5, 5.41) is 0. The molecule has 1 fully saturated rings. The zero-order chi connectivity index (χ0) is 11.1. The molecule has 0 amide bonds. The maximum Gasteiger partial charge on any atom is 0.573 e. The molecule has 0 aromatic heterocycles. The van der Waals surface area contributed by atoms with E-state index in [0.29, 0.717) is 11.1 Å². The van der Waals surface area contributed by atoms with E-state index in [2.05, 4.69) is 11.7 Å². The molecule has 1 aliphatic carbocycles. The second-order valence-corrected chi connectivity index (χ2v) is 3.65. The molecule has 1 aromatic carbocycles. The van der Waals surface area contributed by atoms with Crippen molar-refractivity contribution < 1.29 is 17.9 Å². The molecule has 0 bridgehead atoms. The van der Waals surface area contributed by atoms with Gasteiger partial charge in [0.15, 0.2) is 0 Å². The summed E-state index contributed by atoms with van der Waals surface area (Å²) in [4.78, 5) is 0. The highest BCUT2D eigenvalue weighted by atomic mass is 19.4. The van der Waals surface area contributed by atoms with E-state index in [1.807, 2.05) is 0 Å². The van der Waals surface area contributed by atoms with Gasteiger partial charge in [0.1, 0.15) is 5.75 Å². The van der Waals surface area contributed by atoms with Gasteiger partial charge in [-0.05, 0) is 37.3 Å². The number of benzene rings is 1. The van der Waals surface area contributed by atoms with Crippen LogP contribution in [0.4, 0.5) is 13.2 Å². The van der Waals surface area contributed by atoms with Gasteiger partial charge in [0.2, 0.25) is 0 Å². The zero-order valence-electron chi connectivity index (χ0n) is 7.97. The van der Waals surface area contributed by atoms with Crippen LogP contribution in [-0.2, 0) is 0 Å². The van der Waals surface area contributed by atoms with Crippen LogP contribution in [0.3, 0.4) is 0 Å². The molecular weight excluding hydrogens is 205 g/mol. The van der Waals surface area contributed by atoms with E-state index in [1.165, 1.54) is 12.1 Å². The molecule has 0 aliphatic heterocycles. The first-order chi connectivity index (χ1) is 6.97. The lowest BCUT2D eigenvalue weighted by atomic mass is 10.0. The third kappa shape index (κ3) is 2.43. The quantitative estimate of drug-likeness (QED) is 0.731. The Balaban J connectivity index is 2.33. The van der Waals surface area contributed by atoms with Crippen LogP contribution in [-0.4, -0.2) is 6.36 Å². The van der Waals surface area contributed by atoms with Crippen molar-refractivity contribution in [1.29, 1.82) is 0 Å². The summed E-state index contributed by atoms with van der Waals surface area (Å²) in [6, 6.07) is 4.57. The van der Waals surface area contributed by atoms with E-state index in [4.69, 9.17) is 0 Å². The third-order valence-electron chi connectivity index (χ3n) is 2.37. The van der Waals surface area contributed by atoms with Gasteiger partial charge in [-0.15, -0.1) is 13.2 Å². The van der Waals surface area contributed by atoms with Crippen molar-refractivity contribution in [2.24, 2.45) is 0 Å². The summed E-state index contributed by atoms with van der Waals surface area (Å²) in [7, 11) is 0. The first-order valence-corrected chi connectivity index (χ1v) is 4.68. The lowest BCUT2D eigenvalue weighted by Crippen LogP contribution is -2.18. The molecular formula is C11H10F3O. The van der Waals surface area contributed by atoms with Crippen molar-refractivity contribution in [2.45, 2.75) is 25.1 Å². The van der Waals surface area contributed by atoms with Crippen molar-refractivity contribution >= 4 is 0 Å². The fourth-order valence-electron chi connectivity index (χ4n) is 1.64. The molecule has 81 valence electrons. The highest BCUT2D eigenvalue weighted by Gasteiger charge is 2.35. The first-order valence-electron chi connectivity index (χ1n) is 4.68. The summed E-state index contributed by atoms with van der Waals surface area (Å²) in [5.41, 5.74) is 1.23. The van der Waals surface area contributed by atoms with Gasteiger partial charge in [0.25, 0.3) is 0 Å². The number of alkyl halides is 3. The second-order valence-electron chi connectivity index (χ2n) is 3.65. The number of hydrogen-bond donors (Lipinski definition) is 0. The Labute approximate surface area is 85.9 Å². The zero-order valence-corrected chi connectivity index (χ0v) is 7.97. The van der Waals surface area contributed by atoms with E-state index in [9.17, 15) is 13.2 Å². The van der Waals surface area contributed by atoms with E-state index >= 15 is 0 Å². The summed E-state index contributed by atoms with van der Waals surface area (Å²) >= 11 is 0. The third-order valence-corrected chi connectivity index (χ3v) is 2.37. The van der Waals surface area contributed by atoms with Gasteiger partial charge in [0.05, 0.1) is 0 Å². The molecule has 0 atom stereocenters. The van der Waals surface area contributed by atoms with E-state index < -0.39 is 6.36 Å². The van der Waals surface area contributed by atoms with Crippen LogP contribution in [0.1, 0.15) is 29.9 Å². The van der Waals surface area contributed by atoms with Crippen LogP contribution in [0, 0.1) is 6.92 Å². The van der Waals surface area contributed by atoms with Gasteiger partial charge >= 0.3 is 6.36 Å². The number of hydrogen-bond acceptors (Lipinski definition) is 1. The topological polar surface area (TPSA) is 9.23 Å². The summed E-state index contributed by atoms with van der Waals surface area (Å²) < 4.78 is 40.3. The van der Waals surface area contributed by atoms with Gasteiger partial charge in [-0.3, -0.25) is 0 Å². The Hall–Kier alpha value is -1.19. The Morgan fingerprint density at radius 1 is 1.27 bits per heavy atom. The number of ether oxygens (including phenoxy) is 1. The van der Waals surface area contributed by atoms with Gasteiger partial charge in [-0.25, -0.2) is 0 Å². The predicted molar refractivity (Wildman–Crippen MR) is 49.6 cm³/mol. The highest BCUT2D eigenvalue weighted by molar-refractivity contribution is 5.46. The minimum absolute atomic E-state index is 0.0995. The van der Waals surface area contributed by atoms with Gasteiger partial charge < -0.3 is 4.74 Å². The van der Waals surface area contributed by atoms with Crippen molar-refractivity contribution in [3.05, 3.63) is 36.2 Å². The maximum absolute atomic E-state index is 12.1. The molecule has 15 heavy (non-hydrogen) atoms. The van der Waals surface area contributed by atoms with Crippen LogP contribution in [0.15, 0.2) is 18.2 Å². The molecule has 1 saturated carbocycles. The lowest BCUT2D eigenvalue weighted by Gasteiger charge is -2.14. The smallest absolute Gasteiger partial charge is 0.405 e. The molecule has 1 aliphatic rings. The molecule has 1 aromatic rings. The van der Waals surface area contributed by atoms with Gasteiger partial charge in [0, 0.05) is 5.56 Å². The van der Waals surface area contributed by atoms with Crippen LogP contribution in [0.25, 0.3) is 0 Å². The lowest BCUT2D eigenvalue weighted by molar-refractivity contribution is -0.274. The van der Waals surface area contributed by atoms with Gasteiger partial charge in [-0.1, -0.05) is 12.1 Å². The molecule has 0 spiro atoms. The van der Waals surface area contributed by atoms with Crippen LogP contribution in [0.2, 0.25) is 0 Å². The Kier molecular flexibility index (Phi) is 2.37. The van der Waals surface area contributed by atoms with E-state index in [1.54, 1.807) is 6.07 Å². The molecule has 0 saturated heterocycles. The van der Waals surface area contributed by atoms with Gasteiger partial charge in [-0.2, -0.15) is 0 Å². The molecule has 4 heteroatoms. The van der Waals surface area contributed by atoms with E-state index in [0.717, 1.165) is 12.8 Å². The monoisotopic (exact) mass is 215 g/mol. The van der Waals surface area contributed by atoms with Crippen LogP contribution in [0.5, 0.6) is 5.75 Å². The average molecular weight is 215 g/mol. The Bertz CT molecular complexity index is 367. The number of rotatable bonds is 2. The Morgan fingerprint density at radius 3 is 2.47 bits per heavy atom. The van der Waals surface area contributed by atoms with E-state index in [-0.39, 0.29) is 11.7 Å². The van der Waals surface area contributed by atoms with Crippen molar-refractivity contribution in [3.63, 3.8) is 0 Å². The Morgan fingerprint density at radius 2 is 1.93 bits per heavy atom. The standard InChI is InChI=1S/C11H10F3O/c1-7-3-2-4-9(15-11(12,13)14)10(7)8-5-6-8/h2-4,8H,1,5-6H2. The molecule has 0 N–H and O–H groups in total. The molecule has 1 radical (unpaired) electrons. The van der Waals surface area contributed by atoms with Crippen molar-refractivity contribution in [1.82, 2.24) is 0 Å². The fourth-order valence-corrected chi connectivity index (χ4v) is 1.64. The highest BCUT2D eigenvalue weighted by Crippen LogP contribution is 2.46. The van der Waals surface area contributed by atoms with Crippen molar-refractivity contribution in [3.8, 4) is 5.75 Å². The SMILES string of the molecule is [CH2]c1cccc(OC(F)(F)F)c1C1CC1. The second kappa shape index (κ2) is 3.43.